The number of hydrogen-bond donors (Lipinski definition) is 1. The highest BCUT2D eigenvalue weighted by Gasteiger charge is 2.34. The van der Waals surface area contributed by atoms with Crippen molar-refractivity contribution in [3.8, 4) is 17.3 Å². The fraction of sp³-hybridized carbons (Fsp3) is 0.353. The predicted octanol–water partition coefficient (Wildman–Crippen LogP) is 4.73. The molecule has 0 bridgehead atoms. The normalized spacial score (nSPS) is 15.1. The monoisotopic (exact) mass is 351 g/mol. The van der Waals surface area contributed by atoms with Crippen LogP contribution in [0.3, 0.4) is 0 Å². The second-order valence-corrected chi connectivity index (χ2v) is 6.71. The van der Waals surface area contributed by atoms with Gasteiger partial charge in [0.2, 0.25) is 0 Å². The van der Waals surface area contributed by atoms with Gasteiger partial charge in [-0.2, -0.15) is 18.4 Å². The molecule has 7 heteroatoms. The van der Waals surface area contributed by atoms with Crippen LogP contribution in [-0.2, 0) is 13.2 Å². The third kappa shape index (κ3) is 3.30. The number of rotatable bonds is 4. The third-order valence-corrected chi connectivity index (χ3v) is 5.28. The van der Waals surface area contributed by atoms with E-state index in [-0.39, 0.29) is 4.90 Å². The van der Waals surface area contributed by atoms with Gasteiger partial charge in [0.25, 0.3) is 0 Å². The summed E-state index contributed by atoms with van der Waals surface area (Å²) in [5, 5.41) is 9.00. The summed E-state index contributed by atoms with van der Waals surface area (Å²) in [4.78, 5) is 0.174. The van der Waals surface area contributed by atoms with Crippen LogP contribution in [0.4, 0.5) is 13.2 Å². The third-order valence-electron chi connectivity index (χ3n) is 4.26. The van der Waals surface area contributed by atoms with Gasteiger partial charge in [-0.05, 0) is 54.6 Å². The number of hydrogen-bond acceptors (Lipinski definition) is 3. The van der Waals surface area contributed by atoms with Crippen molar-refractivity contribution in [2.75, 3.05) is 0 Å². The molecule has 1 N–H and O–H groups in total. The van der Waals surface area contributed by atoms with Crippen LogP contribution in [0.5, 0.6) is 0 Å². The van der Waals surface area contributed by atoms with Gasteiger partial charge < -0.3 is 4.57 Å². The van der Waals surface area contributed by atoms with Crippen molar-refractivity contribution in [2.24, 2.45) is 7.05 Å². The summed E-state index contributed by atoms with van der Waals surface area (Å²) in [6.07, 6.45) is -1.29. The molecule has 1 fully saturated rings. The van der Waals surface area contributed by atoms with Gasteiger partial charge in [0.05, 0.1) is 5.56 Å². The highest BCUT2D eigenvalue weighted by Crippen LogP contribution is 2.39. The Kier molecular flexibility index (Phi) is 4.61. The summed E-state index contributed by atoms with van der Waals surface area (Å²) >= 11 is 1.05. The summed E-state index contributed by atoms with van der Waals surface area (Å²) in [7, 11) is 1.67. The first-order chi connectivity index (χ1) is 11.4. The maximum Gasteiger partial charge on any atom is 0.417 e. The zero-order valence-corrected chi connectivity index (χ0v) is 13.8. The molecule has 0 aliphatic heterocycles. The first kappa shape index (κ1) is 16.9. The fourth-order valence-electron chi connectivity index (χ4n) is 2.59. The lowest BCUT2D eigenvalue weighted by atomic mass is 9.94. The Hall–Kier alpha value is -1.91. The summed E-state index contributed by atoms with van der Waals surface area (Å²) < 4.78 is 45.0. The maximum absolute atomic E-state index is 13.4. The van der Waals surface area contributed by atoms with E-state index >= 15 is 0 Å². The molecule has 24 heavy (non-hydrogen) atoms. The van der Waals surface area contributed by atoms with Crippen LogP contribution in [-0.4, -0.2) is 10.6 Å². The molecule has 0 saturated heterocycles. The van der Waals surface area contributed by atoms with Gasteiger partial charge in [-0.1, -0.05) is 12.5 Å². The van der Waals surface area contributed by atoms with Gasteiger partial charge >= 0.3 is 6.18 Å². The molecule has 1 aliphatic carbocycles. The lowest BCUT2D eigenvalue weighted by Crippen LogP contribution is -2.30. The molecule has 0 spiro atoms. The molecule has 0 amide bonds. The lowest BCUT2D eigenvalue weighted by Gasteiger charge is -2.26. The van der Waals surface area contributed by atoms with Gasteiger partial charge in [-0.25, -0.2) is 0 Å². The van der Waals surface area contributed by atoms with E-state index in [4.69, 9.17) is 5.26 Å². The van der Waals surface area contributed by atoms with Crippen molar-refractivity contribution in [3.63, 3.8) is 0 Å². The predicted molar refractivity (Wildman–Crippen MR) is 87.2 cm³/mol. The number of halogens is 3. The van der Waals surface area contributed by atoms with E-state index in [1.165, 1.54) is 6.07 Å². The van der Waals surface area contributed by atoms with Gasteiger partial charge in [-0.15, -0.1) is 0 Å². The number of benzene rings is 1. The number of nitrogens with zero attached hydrogens (tertiary/aromatic N) is 2. The number of nitriles is 1. The minimum atomic E-state index is -4.43. The van der Waals surface area contributed by atoms with E-state index in [9.17, 15) is 13.2 Å². The molecule has 3 nitrogen and oxygen atoms in total. The maximum atomic E-state index is 13.4. The molecule has 1 heterocycles. The van der Waals surface area contributed by atoms with Crippen molar-refractivity contribution in [1.82, 2.24) is 9.29 Å². The van der Waals surface area contributed by atoms with Crippen molar-refractivity contribution in [3.05, 3.63) is 41.6 Å². The molecule has 1 aliphatic rings. The molecule has 1 saturated carbocycles. The Balaban J connectivity index is 1.94. The summed E-state index contributed by atoms with van der Waals surface area (Å²) in [5.41, 5.74) is 0.778. The molecular weight excluding hydrogens is 335 g/mol. The van der Waals surface area contributed by atoms with E-state index in [0.29, 0.717) is 23.0 Å². The Bertz CT molecular complexity index is 785. The number of nitrogens with one attached hydrogen (secondary N) is 1. The molecule has 0 radical (unpaired) electrons. The second kappa shape index (κ2) is 6.54. The second-order valence-electron chi connectivity index (χ2n) is 5.83. The number of aromatic nitrogens is 1. The van der Waals surface area contributed by atoms with E-state index in [0.717, 1.165) is 37.3 Å². The minimum absolute atomic E-state index is 0.174. The minimum Gasteiger partial charge on any atom is -0.335 e. The van der Waals surface area contributed by atoms with E-state index in [1.807, 2.05) is 6.07 Å². The van der Waals surface area contributed by atoms with Crippen molar-refractivity contribution < 1.29 is 13.2 Å². The molecule has 1 aromatic heterocycles. The van der Waals surface area contributed by atoms with Crippen LogP contribution in [0.1, 0.15) is 30.5 Å². The highest BCUT2D eigenvalue weighted by atomic mass is 32.2. The van der Waals surface area contributed by atoms with E-state index in [1.54, 1.807) is 29.8 Å². The van der Waals surface area contributed by atoms with Crippen LogP contribution in [0.2, 0.25) is 0 Å². The smallest absolute Gasteiger partial charge is 0.335 e. The quantitative estimate of drug-likeness (QED) is 0.810. The van der Waals surface area contributed by atoms with Crippen LogP contribution < -0.4 is 4.72 Å². The summed E-state index contributed by atoms with van der Waals surface area (Å²) in [5.74, 6) is 0. The topological polar surface area (TPSA) is 40.8 Å². The molecular formula is C17H16F3N3S. The number of alkyl halides is 3. The van der Waals surface area contributed by atoms with Crippen molar-refractivity contribution in [1.29, 1.82) is 5.26 Å². The highest BCUT2D eigenvalue weighted by molar-refractivity contribution is 7.97. The first-order valence-corrected chi connectivity index (χ1v) is 8.41. The lowest BCUT2D eigenvalue weighted by molar-refractivity contribution is -0.139. The average molecular weight is 351 g/mol. The Morgan fingerprint density at radius 1 is 1.25 bits per heavy atom. The summed E-state index contributed by atoms with van der Waals surface area (Å²) in [6.45, 7) is 0. The molecule has 1 aromatic carbocycles. The van der Waals surface area contributed by atoms with Crippen LogP contribution in [0.25, 0.3) is 11.3 Å². The van der Waals surface area contributed by atoms with Crippen LogP contribution >= 0.6 is 11.9 Å². The standard InChI is InChI=1S/C17H16F3N3S/c1-23-13(10-21)6-7-15(23)11-5-8-16(14(9-11)17(18,19)20)24-22-12-3-2-4-12/h5-9,12,22H,2-4H2,1H3. The van der Waals surface area contributed by atoms with Gasteiger partial charge in [0.15, 0.2) is 0 Å². The van der Waals surface area contributed by atoms with Crippen LogP contribution in [0.15, 0.2) is 35.2 Å². The molecule has 3 rings (SSSR count). The summed E-state index contributed by atoms with van der Waals surface area (Å²) in [6, 6.07) is 9.88. The largest absolute Gasteiger partial charge is 0.417 e. The SMILES string of the molecule is Cn1c(C#N)ccc1-c1ccc(SNC2CCC2)c(C(F)(F)F)c1. The van der Waals surface area contributed by atoms with Crippen molar-refractivity contribution >= 4 is 11.9 Å². The van der Waals surface area contributed by atoms with Crippen molar-refractivity contribution in [2.45, 2.75) is 36.4 Å². The van der Waals surface area contributed by atoms with Crippen LogP contribution in [0, 0.1) is 11.3 Å². The van der Waals surface area contributed by atoms with E-state index in [2.05, 4.69) is 4.72 Å². The van der Waals surface area contributed by atoms with Gasteiger partial charge in [0, 0.05) is 23.7 Å². The van der Waals surface area contributed by atoms with Gasteiger partial charge in [0.1, 0.15) is 11.8 Å². The molecule has 0 unspecified atom stereocenters. The zero-order valence-electron chi connectivity index (χ0n) is 13.0. The fourth-order valence-corrected chi connectivity index (χ4v) is 3.54. The zero-order chi connectivity index (χ0) is 17.3. The molecule has 2 aromatic rings. The molecule has 126 valence electrons. The Morgan fingerprint density at radius 2 is 2.00 bits per heavy atom. The van der Waals surface area contributed by atoms with E-state index < -0.39 is 11.7 Å². The Morgan fingerprint density at radius 3 is 2.54 bits per heavy atom. The van der Waals surface area contributed by atoms with Gasteiger partial charge in [-0.3, -0.25) is 4.72 Å². The Labute approximate surface area is 142 Å². The molecule has 0 atom stereocenters. The first-order valence-electron chi connectivity index (χ1n) is 7.60. The average Bonchev–Trinajstić information content (AvgIpc) is 2.86.